The summed E-state index contributed by atoms with van der Waals surface area (Å²) in [5.41, 5.74) is 3.04. The third-order valence-electron chi connectivity index (χ3n) is 4.96. The van der Waals surface area contributed by atoms with Crippen LogP contribution in [0.15, 0.2) is 42.5 Å². The van der Waals surface area contributed by atoms with Gasteiger partial charge in [0.25, 0.3) is 0 Å². The molecular formula is C22H26N2O5S. The number of carbonyl (C=O) groups excluding carboxylic acids is 1. The smallest absolute Gasteiger partial charge is 0.248 e. The zero-order valence-corrected chi connectivity index (χ0v) is 18.2. The molecule has 0 radical (unpaired) electrons. The molecule has 0 saturated carbocycles. The third kappa shape index (κ3) is 4.76. The minimum Gasteiger partial charge on any atom is -0.493 e. The molecule has 30 heavy (non-hydrogen) atoms. The summed E-state index contributed by atoms with van der Waals surface area (Å²) in [7, 11) is -0.183. The van der Waals surface area contributed by atoms with Gasteiger partial charge >= 0.3 is 0 Å². The van der Waals surface area contributed by atoms with Crippen molar-refractivity contribution < 1.29 is 22.7 Å². The molecule has 1 heterocycles. The maximum atomic E-state index is 12.3. The van der Waals surface area contributed by atoms with E-state index in [2.05, 4.69) is 5.32 Å². The molecule has 1 N–H and O–H groups in total. The number of anilines is 2. The molecule has 3 rings (SSSR count). The molecule has 0 aliphatic carbocycles. The fourth-order valence-corrected chi connectivity index (χ4v) is 4.59. The molecule has 2 aromatic rings. The van der Waals surface area contributed by atoms with Gasteiger partial charge in [-0.3, -0.25) is 9.10 Å². The van der Waals surface area contributed by atoms with E-state index in [0.29, 0.717) is 29.4 Å². The Kier molecular flexibility index (Phi) is 6.66. The van der Waals surface area contributed by atoms with Crippen LogP contribution in [0.2, 0.25) is 0 Å². The molecule has 7 nitrogen and oxygen atoms in total. The van der Waals surface area contributed by atoms with E-state index in [0.717, 1.165) is 24.0 Å². The van der Waals surface area contributed by atoms with Crippen molar-refractivity contribution in [3.05, 3.63) is 53.6 Å². The fraction of sp³-hybridized carbons (Fsp3) is 0.318. The lowest BCUT2D eigenvalue weighted by Gasteiger charge is -2.30. The Morgan fingerprint density at radius 2 is 1.90 bits per heavy atom. The van der Waals surface area contributed by atoms with Crippen LogP contribution in [0.1, 0.15) is 24.5 Å². The minimum absolute atomic E-state index is 0.0614. The highest BCUT2D eigenvalue weighted by atomic mass is 32.2. The highest BCUT2D eigenvalue weighted by Gasteiger charge is 2.26. The summed E-state index contributed by atoms with van der Waals surface area (Å²) in [4.78, 5) is 12.3. The second-order valence-electron chi connectivity index (χ2n) is 6.86. The number of carbonyl (C=O) groups is 1. The average molecular weight is 431 g/mol. The number of hydrogen-bond donors (Lipinski definition) is 1. The van der Waals surface area contributed by atoms with Gasteiger partial charge in [-0.1, -0.05) is 6.07 Å². The van der Waals surface area contributed by atoms with Gasteiger partial charge in [0.2, 0.25) is 15.9 Å². The van der Waals surface area contributed by atoms with Crippen molar-refractivity contribution in [2.24, 2.45) is 0 Å². The van der Waals surface area contributed by atoms with Crippen molar-refractivity contribution in [3.63, 3.8) is 0 Å². The number of methoxy groups -OCH3 is 2. The Hall–Kier alpha value is -3.00. The first kappa shape index (κ1) is 21.7. The van der Waals surface area contributed by atoms with Gasteiger partial charge < -0.3 is 14.8 Å². The van der Waals surface area contributed by atoms with Gasteiger partial charge in [0, 0.05) is 18.3 Å². The highest BCUT2D eigenvalue weighted by molar-refractivity contribution is 7.92. The second kappa shape index (κ2) is 9.21. The summed E-state index contributed by atoms with van der Waals surface area (Å²) < 4.78 is 36.6. The summed E-state index contributed by atoms with van der Waals surface area (Å²) in [6.45, 7) is 2.13. The molecule has 0 atom stereocenters. The van der Waals surface area contributed by atoms with Gasteiger partial charge in [-0.05, 0) is 67.3 Å². The normalized spacial score (nSPS) is 13.8. The van der Waals surface area contributed by atoms with Gasteiger partial charge in [0.1, 0.15) is 0 Å². The maximum absolute atomic E-state index is 12.3. The number of sulfonamides is 1. The van der Waals surface area contributed by atoms with E-state index in [1.165, 1.54) is 10.4 Å². The van der Waals surface area contributed by atoms with E-state index in [1.54, 1.807) is 51.5 Å². The number of benzene rings is 2. The van der Waals surface area contributed by atoms with Gasteiger partial charge in [-0.25, -0.2) is 8.42 Å². The summed E-state index contributed by atoms with van der Waals surface area (Å²) in [6.07, 6.45) is 4.65. The largest absolute Gasteiger partial charge is 0.493 e. The minimum atomic E-state index is -3.31. The number of fused-ring (bicyclic) bond motifs is 1. The lowest BCUT2D eigenvalue weighted by Crippen LogP contribution is -2.36. The summed E-state index contributed by atoms with van der Waals surface area (Å²) in [6, 6.07) is 10.7. The summed E-state index contributed by atoms with van der Waals surface area (Å²) in [5.74, 6) is 0.985. The van der Waals surface area contributed by atoms with Crippen molar-refractivity contribution in [1.82, 2.24) is 0 Å². The first-order valence-corrected chi connectivity index (χ1v) is 11.3. The highest BCUT2D eigenvalue weighted by Crippen LogP contribution is 2.32. The van der Waals surface area contributed by atoms with Crippen molar-refractivity contribution >= 4 is 33.4 Å². The van der Waals surface area contributed by atoms with Gasteiger partial charge in [0.05, 0.1) is 25.7 Å². The van der Waals surface area contributed by atoms with E-state index < -0.39 is 10.0 Å². The van der Waals surface area contributed by atoms with Crippen molar-refractivity contribution in [2.75, 3.05) is 36.1 Å². The monoisotopic (exact) mass is 430 g/mol. The van der Waals surface area contributed by atoms with E-state index >= 15 is 0 Å². The molecular weight excluding hydrogens is 404 g/mol. The first-order chi connectivity index (χ1) is 14.4. The van der Waals surface area contributed by atoms with Gasteiger partial charge in [-0.2, -0.15) is 0 Å². The van der Waals surface area contributed by atoms with Crippen LogP contribution in [0.25, 0.3) is 6.08 Å². The van der Waals surface area contributed by atoms with E-state index in [9.17, 15) is 13.2 Å². The molecule has 0 fully saturated rings. The molecule has 0 bridgehead atoms. The third-order valence-corrected chi connectivity index (χ3v) is 6.74. The Morgan fingerprint density at radius 1 is 1.13 bits per heavy atom. The summed E-state index contributed by atoms with van der Waals surface area (Å²) >= 11 is 0. The zero-order valence-electron chi connectivity index (χ0n) is 17.3. The first-order valence-electron chi connectivity index (χ1n) is 9.72. The van der Waals surface area contributed by atoms with Crippen LogP contribution in [0.4, 0.5) is 11.4 Å². The maximum Gasteiger partial charge on any atom is 0.248 e. The van der Waals surface area contributed by atoms with Gasteiger partial charge in [-0.15, -0.1) is 0 Å². The Morgan fingerprint density at radius 3 is 2.60 bits per heavy atom. The quantitative estimate of drug-likeness (QED) is 0.680. The van der Waals surface area contributed by atoms with Crippen LogP contribution in [-0.2, 0) is 21.2 Å². The average Bonchev–Trinajstić information content (AvgIpc) is 2.76. The van der Waals surface area contributed by atoms with Crippen LogP contribution in [-0.4, -0.2) is 40.8 Å². The molecule has 2 aromatic carbocycles. The SMILES string of the molecule is CCS(=O)(=O)N1CCCc2cc(NC(=O)/C=C/c3ccc(OC)c(OC)c3)ccc21. The van der Waals surface area contributed by atoms with E-state index in [4.69, 9.17) is 9.47 Å². The van der Waals surface area contributed by atoms with E-state index in [1.807, 2.05) is 12.1 Å². The van der Waals surface area contributed by atoms with Crippen LogP contribution < -0.4 is 19.1 Å². The summed E-state index contributed by atoms with van der Waals surface area (Å²) in [5, 5.41) is 2.83. The zero-order chi connectivity index (χ0) is 21.7. The van der Waals surface area contributed by atoms with Crippen LogP contribution in [0, 0.1) is 0 Å². The number of amides is 1. The van der Waals surface area contributed by atoms with Crippen LogP contribution in [0.5, 0.6) is 11.5 Å². The topological polar surface area (TPSA) is 84.9 Å². The predicted octanol–water partition coefficient (Wildman–Crippen LogP) is 3.46. The number of nitrogens with one attached hydrogen (secondary N) is 1. The van der Waals surface area contributed by atoms with Crippen molar-refractivity contribution in [2.45, 2.75) is 19.8 Å². The lowest BCUT2D eigenvalue weighted by molar-refractivity contribution is -0.111. The molecule has 1 aliphatic rings. The molecule has 1 aliphatic heterocycles. The van der Waals surface area contributed by atoms with Gasteiger partial charge in [0.15, 0.2) is 11.5 Å². The molecule has 160 valence electrons. The van der Waals surface area contributed by atoms with E-state index in [-0.39, 0.29) is 11.7 Å². The van der Waals surface area contributed by atoms with Crippen LogP contribution >= 0.6 is 0 Å². The second-order valence-corrected chi connectivity index (χ2v) is 9.04. The lowest BCUT2D eigenvalue weighted by atomic mass is 10.0. The molecule has 1 amide bonds. The van der Waals surface area contributed by atoms with Crippen molar-refractivity contribution in [1.29, 1.82) is 0 Å². The molecule has 0 saturated heterocycles. The number of ether oxygens (including phenoxy) is 2. The standard InChI is InChI=1S/C22H26N2O5S/c1-4-30(26,27)24-13-5-6-17-15-18(9-10-19(17)24)23-22(25)12-8-16-7-11-20(28-2)21(14-16)29-3/h7-12,14-15H,4-6,13H2,1-3H3,(H,23,25)/b12-8+. The fourth-order valence-electron chi connectivity index (χ4n) is 3.40. The number of nitrogens with zero attached hydrogens (tertiary/aromatic N) is 1. The molecule has 0 unspecified atom stereocenters. The number of rotatable bonds is 7. The molecule has 8 heteroatoms. The Balaban J connectivity index is 1.73. The predicted molar refractivity (Wildman–Crippen MR) is 119 cm³/mol. The Labute approximate surface area is 177 Å². The number of aryl methyl sites for hydroxylation is 1. The molecule has 0 aromatic heterocycles. The Bertz CT molecular complexity index is 1060. The van der Waals surface area contributed by atoms with Crippen molar-refractivity contribution in [3.8, 4) is 11.5 Å². The molecule has 0 spiro atoms. The van der Waals surface area contributed by atoms with Crippen LogP contribution in [0.3, 0.4) is 0 Å². The number of hydrogen-bond acceptors (Lipinski definition) is 5.